The molecule has 0 amide bonds. The van der Waals surface area contributed by atoms with E-state index in [1.807, 2.05) is 36.0 Å². The molecule has 0 spiro atoms. The Balaban J connectivity index is 1.81. The van der Waals surface area contributed by atoms with Crippen LogP contribution in [0.2, 0.25) is 5.02 Å². The molecule has 3 rings (SSSR count). The number of hydrogen-bond donors (Lipinski definition) is 1. The van der Waals surface area contributed by atoms with Gasteiger partial charge in [-0.15, -0.1) is 0 Å². The molecule has 1 aromatic carbocycles. The molecule has 0 aliphatic carbocycles. The third kappa shape index (κ3) is 2.19. The van der Waals surface area contributed by atoms with E-state index in [-0.39, 0.29) is 0 Å². The second-order valence-corrected chi connectivity index (χ2v) is 5.40. The van der Waals surface area contributed by atoms with Crippen LogP contribution in [0.4, 0.5) is 5.13 Å². The lowest BCUT2D eigenvalue weighted by molar-refractivity contribution is 0.720. The number of nitrogens with one attached hydrogen (secondary N) is 1. The maximum absolute atomic E-state index is 5.95. The lowest BCUT2D eigenvalue weighted by atomic mass is 10.3. The minimum absolute atomic E-state index is 0.712. The van der Waals surface area contributed by atoms with Crippen LogP contribution in [0.1, 0.15) is 5.69 Å². The lowest BCUT2D eigenvalue weighted by Gasteiger charge is -2.02. The highest BCUT2D eigenvalue weighted by molar-refractivity contribution is 7.22. The van der Waals surface area contributed by atoms with Crippen LogP contribution in [0.15, 0.2) is 30.5 Å². The number of thiazole rings is 1. The quantitative estimate of drug-likeness (QED) is 0.799. The van der Waals surface area contributed by atoms with E-state index in [4.69, 9.17) is 11.6 Å². The van der Waals surface area contributed by atoms with Gasteiger partial charge in [0.05, 0.1) is 22.5 Å². The normalized spacial score (nSPS) is 11.0. The second-order valence-electron chi connectivity index (χ2n) is 3.93. The van der Waals surface area contributed by atoms with Gasteiger partial charge in [0.25, 0.3) is 0 Å². The molecule has 92 valence electrons. The Morgan fingerprint density at radius 2 is 2.28 bits per heavy atom. The van der Waals surface area contributed by atoms with Crippen molar-refractivity contribution in [1.82, 2.24) is 14.8 Å². The summed E-state index contributed by atoms with van der Waals surface area (Å²) in [6.07, 6.45) is 1.79. The molecular formula is C12H11ClN4S. The summed E-state index contributed by atoms with van der Waals surface area (Å²) in [6.45, 7) is 0.712. The molecule has 0 atom stereocenters. The zero-order valence-corrected chi connectivity index (χ0v) is 11.3. The van der Waals surface area contributed by atoms with E-state index in [1.54, 1.807) is 17.5 Å². The molecule has 0 unspecified atom stereocenters. The topological polar surface area (TPSA) is 42.7 Å². The number of aryl methyl sites for hydroxylation is 1. The number of hydrogen-bond acceptors (Lipinski definition) is 4. The van der Waals surface area contributed by atoms with Crippen molar-refractivity contribution in [2.24, 2.45) is 7.05 Å². The fourth-order valence-electron chi connectivity index (χ4n) is 1.71. The highest BCUT2D eigenvalue weighted by atomic mass is 35.5. The summed E-state index contributed by atoms with van der Waals surface area (Å²) in [4.78, 5) is 4.50. The molecule has 0 saturated heterocycles. The largest absolute Gasteiger partial charge is 0.356 e. The zero-order valence-electron chi connectivity index (χ0n) is 9.72. The number of halogens is 1. The van der Waals surface area contributed by atoms with Crippen molar-refractivity contribution in [2.45, 2.75) is 6.54 Å². The predicted octanol–water partition coefficient (Wildman–Crippen LogP) is 3.30. The van der Waals surface area contributed by atoms with E-state index >= 15 is 0 Å². The predicted molar refractivity (Wildman–Crippen MR) is 75.2 cm³/mol. The molecule has 2 aromatic heterocycles. The summed E-state index contributed by atoms with van der Waals surface area (Å²) in [5.74, 6) is 0. The molecular weight excluding hydrogens is 268 g/mol. The van der Waals surface area contributed by atoms with Gasteiger partial charge in [0.1, 0.15) is 0 Å². The van der Waals surface area contributed by atoms with Crippen LogP contribution < -0.4 is 5.32 Å². The number of aromatic nitrogens is 3. The van der Waals surface area contributed by atoms with Gasteiger partial charge in [0.2, 0.25) is 0 Å². The molecule has 0 bridgehead atoms. The number of nitrogens with zero attached hydrogens (tertiary/aromatic N) is 3. The first-order valence-electron chi connectivity index (χ1n) is 5.49. The lowest BCUT2D eigenvalue weighted by Crippen LogP contribution is -2.04. The Bertz CT molecular complexity index is 688. The fraction of sp³-hybridized carbons (Fsp3) is 0.167. The molecule has 6 heteroatoms. The summed E-state index contributed by atoms with van der Waals surface area (Å²) in [7, 11) is 1.93. The minimum Gasteiger partial charge on any atom is -0.356 e. The summed E-state index contributed by atoms with van der Waals surface area (Å²) >= 11 is 7.56. The molecule has 1 N–H and O–H groups in total. The Hall–Kier alpha value is -1.59. The maximum Gasteiger partial charge on any atom is 0.184 e. The molecule has 0 aliphatic rings. The van der Waals surface area contributed by atoms with Crippen LogP contribution in [0.5, 0.6) is 0 Å². The minimum atomic E-state index is 0.712. The van der Waals surface area contributed by atoms with Crippen molar-refractivity contribution in [3.63, 3.8) is 0 Å². The zero-order chi connectivity index (χ0) is 12.5. The standard InChI is InChI=1S/C12H11ClN4S/c1-17-9(4-5-15-17)7-14-12-16-10-3-2-8(13)6-11(10)18-12/h2-6H,7H2,1H3,(H,14,16). The van der Waals surface area contributed by atoms with E-state index in [1.165, 1.54) is 0 Å². The molecule has 4 nitrogen and oxygen atoms in total. The number of anilines is 1. The summed E-state index contributed by atoms with van der Waals surface area (Å²) in [6, 6.07) is 7.71. The smallest absolute Gasteiger partial charge is 0.184 e. The molecule has 3 aromatic rings. The van der Waals surface area contributed by atoms with Crippen molar-refractivity contribution in [3.8, 4) is 0 Å². The first kappa shape index (κ1) is 11.5. The monoisotopic (exact) mass is 278 g/mol. The number of benzene rings is 1. The molecule has 0 radical (unpaired) electrons. The van der Waals surface area contributed by atoms with Gasteiger partial charge in [-0.05, 0) is 24.3 Å². The van der Waals surface area contributed by atoms with Crippen LogP contribution in [0.25, 0.3) is 10.2 Å². The van der Waals surface area contributed by atoms with E-state index in [0.717, 1.165) is 26.1 Å². The molecule has 0 saturated carbocycles. The molecule has 0 aliphatic heterocycles. The third-order valence-corrected chi connectivity index (χ3v) is 3.90. The molecule has 0 fully saturated rings. The Kier molecular flexibility index (Phi) is 2.93. The SMILES string of the molecule is Cn1nccc1CNc1nc2ccc(Cl)cc2s1. The van der Waals surface area contributed by atoms with E-state index in [0.29, 0.717) is 6.54 Å². The van der Waals surface area contributed by atoms with Crippen molar-refractivity contribution in [1.29, 1.82) is 0 Å². The van der Waals surface area contributed by atoms with Gasteiger partial charge >= 0.3 is 0 Å². The van der Waals surface area contributed by atoms with Crippen LogP contribution in [0.3, 0.4) is 0 Å². The van der Waals surface area contributed by atoms with Crippen molar-refractivity contribution in [3.05, 3.63) is 41.2 Å². The van der Waals surface area contributed by atoms with E-state index in [2.05, 4.69) is 15.4 Å². The number of rotatable bonds is 3. The van der Waals surface area contributed by atoms with Gasteiger partial charge in [-0.2, -0.15) is 5.10 Å². The average molecular weight is 279 g/mol. The van der Waals surface area contributed by atoms with E-state index in [9.17, 15) is 0 Å². The Labute approximate surface area is 113 Å². The van der Waals surface area contributed by atoms with Gasteiger partial charge in [-0.25, -0.2) is 4.98 Å². The summed E-state index contributed by atoms with van der Waals surface area (Å²) in [5.41, 5.74) is 2.09. The highest BCUT2D eigenvalue weighted by Crippen LogP contribution is 2.28. The van der Waals surface area contributed by atoms with E-state index < -0.39 is 0 Å². The second kappa shape index (κ2) is 4.59. The molecule has 18 heavy (non-hydrogen) atoms. The molecule has 2 heterocycles. The van der Waals surface area contributed by atoms with Gasteiger partial charge in [-0.3, -0.25) is 4.68 Å². The van der Waals surface area contributed by atoms with Crippen molar-refractivity contribution >= 4 is 38.3 Å². The van der Waals surface area contributed by atoms with Crippen LogP contribution in [-0.4, -0.2) is 14.8 Å². The number of fused-ring (bicyclic) bond motifs is 1. The summed E-state index contributed by atoms with van der Waals surface area (Å²) in [5, 5.41) is 9.06. The van der Waals surface area contributed by atoms with Crippen molar-refractivity contribution < 1.29 is 0 Å². The maximum atomic E-state index is 5.95. The van der Waals surface area contributed by atoms with Gasteiger partial charge in [0.15, 0.2) is 5.13 Å². The first-order chi connectivity index (χ1) is 8.72. The highest BCUT2D eigenvalue weighted by Gasteiger charge is 2.05. The van der Waals surface area contributed by atoms with Crippen LogP contribution >= 0.6 is 22.9 Å². The van der Waals surface area contributed by atoms with Crippen molar-refractivity contribution in [2.75, 3.05) is 5.32 Å². The fourth-order valence-corrected chi connectivity index (χ4v) is 2.85. The first-order valence-corrected chi connectivity index (χ1v) is 6.69. The average Bonchev–Trinajstić information content (AvgIpc) is 2.92. The Morgan fingerprint density at radius 1 is 1.39 bits per heavy atom. The van der Waals surface area contributed by atoms with Crippen LogP contribution in [0, 0.1) is 0 Å². The third-order valence-electron chi connectivity index (χ3n) is 2.69. The van der Waals surface area contributed by atoms with Gasteiger partial charge in [0, 0.05) is 18.3 Å². The Morgan fingerprint density at radius 3 is 3.06 bits per heavy atom. The van der Waals surface area contributed by atoms with Crippen LogP contribution in [-0.2, 0) is 13.6 Å². The van der Waals surface area contributed by atoms with Gasteiger partial charge < -0.3 is 5.32 Å². The van der Waals surface area contributed by atoms with Gasteiger partial charge in [-0.1, -0.05) is 22.9 Å². The summed E-state index contributed by atoms with van der Waals surface area (Å²) < 4.78 is 2.94.